The lowest BCUT2D eigenvalue weighted by atomic mass is 10.2. The molecule has 0 unspecified atom stereocenters. The summed E-state index contributed by atoms with van der Waals surface area (Å²) in [6, 6.07) is 13.2. The van der Waals surface area contributed by atoms with Crippen molar-refractivity contribution in [3.05, 3.63) is 60.4 Å². The van der Waals surface area contributed by atoms with Crippen LogP contribution in [-0.2, 0) is 0 Å². The summed E-state index contributed by atoms with van der Waals surface area (Å²) in [7, 11) is 0. The van der Waals surface area contributed by atoms with Crippen molar-refractivity contribution in [2.45, 2.75) is 0 Å². The summed E-state index contributed by atoms with van der Waals surface area (Å²) < 4.78 is 5.69. The lowest BCUT2D eigenvalue weighted by molar-refractivity contribution is 0.461. The molecule has 0 atom stereocenters. The van der Waals surface area contributed by atoms with Crippen molar-refractivity contribution in [2.75, 3.05) is 0 Å². The van der Waals surface area contributed by atoms with Crippen LogP contribution in [0.2, 0.25) is 0 Å². The Morgan fingerprint density at radius 1 is 1.10 bits per heavy atom. The second kappa shape index (κ2) is 5.22. The van der Waals surface area contributed by atoms with Crippen LogP contribution in [0.3, 0.4) is 0 Å². The molecule has 20 heavy (non-hydrogen) atoms. The minimum atomic E-state index is 0.314. The van der Waals surface area contributed by atoms with Gasteiger partial charge in [0, 0.05) is 23.2 Å². The molecule has 0 radical (unpaired) electrons. The Morgan fingerprint density at radius 2 is 1.95 bits per heavy atom. The van der Waals surface area contributed by atoms with Crippen LogP contribution < -0.4 is 10.5 Å². The Hall–Kier alpha value is -2.53. The van der Waals surface area contributed by atoms with Crippen molar-refractivity contribution >= 4 is 28.1 Å². The van der Waals surface area contributed by atoms with Gasteiger partial charge in [-0.1, -0.05) is 30.4 Å². The summed E-state index contributed by atoms with van der Waals surface area (Å²) in [5, 5.41) is 1.01. The summed E-state index contributed by atoms with van der Waals surface area (Å²) in [5.41, 5.74) is 7.23. The van der Waals surface area contributed by atoms with E-state index in [0.717, 1.165) is 16.5 Å². The van der Waals surface area contributed by atoms with E-state index < -0.39 is 0 Å². The van der Waals surface area contributed by atoms with Gasteiger partial charge in [-0.2, -0.15) is 0 Å². The number of thiocarbonyl (C=S) groups is 1. The summed E-state index contributed by atoms with van der Waals surface area (Å²) in [6.07, 6.45) is 3.27. The van der Waals surface area contributed by atoms with Gasteiger partial charge in [-0.25, -0.2) is 4.98 Å². The molecule has 0 aliphatic rings. The molecule has 4 nitrogen and oxygen atoms in total. The predicted molar refractivity (Wildman–Crippen MR) is 81.9 cm³/mol. The quantitative estimate of drug-likeness (QED) is 0.748. The van der Waals surface area contributed by atoms with Gasteiger partial charge in [-0.3, -0.25) is 4.98 Å². The third kappa shape index (κ3) is 2.57. The number of fused-ring (bicyclic) bond motifs is 1. The molecule has 0 fully saturated rings. The third-order valence-corrected chi connectivity index (χ3v) is 3.04. The van der Waals surface area contributed by atoms with E-state index in [2.05, 4.69) is 9.97 Å². The highest BCUT2D eigenvalue weighted by Crippen LogP contribution is 2.23. The third-order valence-electron chi connectivity index (χ3n) is 2.81. The fourth-order valence-electron chi connectivity index (χ4n) is 1.85. The van der Waals surface area contributed by atoms with Gasteiger partial charge >= 0.3 is 0 Å². The molecular formula is C15H11N3OS. The van der Waals surface area contributed by atoms with E-state index in [9.17, 15) is 0 Å². The molecule has 5 heteroatoms. The van der Waals surface area contributed by atoms with Crippen LogP contribution in [0.4, 0.5) is 0 Å². The number of ether oxygens (including phenoxy) is 1. The zero-order valence-electron chi connectivity index (χ0n) is 10.5. The van der Waals surface area contributed by atoms with Gasteiger partial charge in [0.2, 0.25) is 5.88 Å². The number of nitrogens with zero attached hydrogens (tertiary/aromatic N) is 2. The Kier molecular flexibility index (Phi) is 3.26. The number of nitrogens with two attached hydrogens (primary N) is 1. The normalized spacial score (nSPS) is 10.4. The summed E-state index contributed by atoms with van der Waals surface area (Å²) in [4.78, 5) is 8.78. The molecule has 98 valence electrons. The van der Waals surface area contributed by atoms with E-state index in [-0.39, 0.29) is 0 Å². The van der Waals surface area contributed by atoms with Crippen LogP contribution in [0.15, 0.2) is 54.9 Å². The van der Waals surface area contributed by atoms with Gasteiger partial charge in [-0.05, 0) is 18.2 Å². The molecular weight excluding hydrogens is 270 g/mol. The van der Waals surface area contributed by atoms with Gasteiger partial charge in [-0.15, -0.1) is 0 Å². The van der Waals surface area contributed by atoms with Crippen LogP contribution in [0, 0.1) is 0 Å². The summed E-state index contributed by atoms with van der Waals surface area (Å²) >= 11 is 4.93. The van der Waals surface area contributed by atoms with Crippen LogP contribution >= 0.6 is 12.2 Å². The first-order valence-corrected chi connectivity index (χ1v) is 6.42. The van der Waals surface area contributed by atoms with Crippen LogP contribution in [-0.4, -0.2) is 15.0 Å². The minimum Gasteiger partial charge on any atom is -0.437 e. The van der Waals surface area contributed by atoms with E-state index in [1.54, 1.807) is 24.5 Å². The highest BCUT2D eigenvalue weighted by atomic mass is 32.1. The molecule has 3 aromatic rings. The predicted octanol–water partition coefficient (Wildman–Crippen LogP) is 3.06. The van der Waals surface area contributed by atoms with Crippen molar-refractivity contribution in [3.63, 3.8) is 0 Å². The second-order valence-electron chi connectivity index (χ2n) is 4.21. The van der Waals surface area contributed by atoms with Crippen LogP contribution in [0.1, 0.15) is 5.56 Å². The molecule has 0 spiro atoms. The smallest absolute Gasteiger partial charge is 0.219 e. The van der Waals surface area contributed by atoms with Crippen LogP contribution in [0.25, 0.3) is 10.9 Å². The molecule has 0 aliphatic carbocycles. The molecule has 3 rings (SSSR count). The standard InChI is InChI=1S/C15H11N3OS/c16-15(20)11-5-6-17-14(8-11)19-12-7-10-3-1-2-4-13(10)18-9-12/h1-9H,(H2,16,20). The average Bonchev–Trinajstić information content (AvgIpc) is 2.47. The van der Waals surface area contributed by atoms with Crippen molar-refractivity contribution in [1.82, 2.24) is 9.97 Å². The molecule has 2 aromatic heterocycles. The number of rotatable bonds is 3. The van der Waals surface area contributed by atoms with E-state index in [0.29, 0.717) is 16.6 Å². The van der Waals surface area contributed by atoms with Crippen molar-refractivity contribution < 1.29 is 4.74 Å². The maximum atomic E-state index is 5.69. The zero-order valence-corrected chi connectivity index (χ0v) is 11.3. The number of para-hydroxylation sites is 1. The van der Waals surface area contributed by atoms with Crippen molar-refractivity contribution in [1.29, 1.82) is 0 Å². The number of benzene rings is 1. The molecule has 2 N–H and O–H groups in total. The second-order valence-corrected chi connectivity index (χ2v) is 4.65. The van der Waals surface area contributed by atoms with Crippen LogP contribution in [0.5, 0.6) is 11.6 Å². The first kappa shape index (κ1) is 12.5. The molecule has 0 aliphatic heterocycles. The van der Waals surface area contributed by atoms with Gasteiger partial charge in [0.25, 0.3) is 0 Å². The van der Waals surface area contributed by atoms with E-state index in [4.69, 9.17) is 22.7 Å². The minimum absolute atomic E-state index is 0.314. The molecule has 0 saturated carbocycles. The Morgan fingerprint density at radius 3 is 2.80 bits per heavy atom. The SMILES string of the molecule is NC(=S)c1ccnc(Oc2cnc3ccccc3c2)c1. The molecule has 1 aromatic carbocycles. The highest BCUT2D eigenvalue weighted by Gasteiger charge is 2.03. The summed E-state index contributed by atoms with van der Waals surface area (Å²) in [5.74, 6) is 1.06. The molecule has 0 bridgehead atoms. The van der Waals surface area contributed by atoms with Gasteiger partial charge in [0.1, 0.15) is 10.7 Å². The maximum Gasteiger partial charge on any atom is 0.219 e. The number of aromatic nitrogens is 2. The Bertz CT molecular complexity index is 789. The largest absolute Gasteiger partial charge is 0.437 e. The number of pyridine rings is 2. The first-order chi connectivity index (χ1) is 9.72. The molecule has 0 amide bonds. The maximum absolute atomic E-state index is 5.69. The number of hydrogen-bond donors (Lipinski definition) is 1. The van der Waals surface area contributed by atoms with Gasteiger partial charge < -0.3 is 10.5 Å². The Labute approximate surface area is 121 Å². The van der Waals surface area contributed by atoms with Gasteiger partial charge in [0.05, 0.1) is 11.7 Å². The fourth-order valence-corrected chi connectivity index (χ4v) is 1.97. The van der Waals surface area contributed by atoms with Gasteiger partial charge in [0.15, 0.2) is 0 Å². The molecule has 0 saturated heterocycles. The highest BCUT2D eigenvalue weighted by molar-refractivity contribution is 7.80. The lowest BCUT2D eigenvalue weighted by Crippen LogP contribution is -2.09. The number of hydrogen-bond acceptors (Lipinski definition) is 4. The topological polar surface area (TPSA) is 61.0 Å². The van der Waals surface area contributed by atoms with Crippen molar-refractivity contribution in [3.8, 4) is 11.6 Å². The first-order valence-electron chi connectivity index (χ1n) is 6.01. The molecule has 2 heterocycles. The summed E-state index contributed by atoms with van der Waals surface area (Å²) in [6.45, 7) is 0. The van der Waals surface area contributed by atoms with Crippen molar-refractivity contribution in [2.24, 2.45) is 5.73 Å². The Balaban J connectivity index is 1.92. The van der Waals surface area contributed by atoms with E-state index >= 15 is 0 Å². The monoisotopic (exact) mass is 281 g/mol. The van der Waals surface area contributed by atoms with E-state index in [1.807, 2.05) is 30.3 Å². The lowest BCUT2D eigenvalue weighted by Gasteiger charge is -2.06. The fraction of sp³-hybridized carbons (Fsp3) is 0. The van der Waals surface area contributed by atoms with E-state index in [1.165, 1.54) is 0 Å². The average molecular weight is 281 g/mol. The zero-order chi connectivity index (χ0) is 13.9.